The lowest BCUT2D eigenvalue weighted by atomic mass is 9.77. The SMILES string of the molecule is CC(=O)Nc1ccc2c(c1)Oc1cc(NC(=O)C(F)(F)F)ccc1C21OC(=O)c2ccc(C(=O)NCCCCCCO)cc21. The molecule has 2 aliphatic rings. The third-order valence-corrected chi connectivity index (χ3v) is 7.27. The molecule has 3 aromatic rings. The molecule has 13 heteroatoms. The maximum atomic E-state index is 13.3. The summed E-state index contributed by atoms with van der Waals surface area (Å²) in [4.78, 5) is 49.6. The van der Waals surface area contributed by atoms with E-state index in [1.807, 2.05) is 0 Å². The van der Waals surface area contributed by atoms with Gasteiger partial charge in [-0.3, -0.25) is 14.4 Å². The van der Waals surface area contributed by atoms with Crippen LogP contribution in [0.15, 0.2) is 54.6 Å². The zero-order valence-electron chi connectivity index (χ0n) is 23.5. The molecule has 0 saturated heterocycles. The molecule has 1 unspecified atom stereocenters. The number of benzene rings is 3. The first-order valence-electron chi connectivity index (χ1n) is 13.8. The van der Waals surface area contributed by atoms with Crippen molar-refractivity contribution in [2.45, 2.75) is 44.4 Å². The lowest BCUT2D eigenvalue weighted by Gasteiger charge is -2.37. The van der Waals surface area contributed by atoms with Gasteiger partial charge in [-0.05, 0) is 55.3 Å². The third-order valence-electron chi connectivity index (χ3n) is 7.27. The quantitative estimate of drug-likeness (QED) is 0.197. The number of unbranched alkanes of at least 4 members (excludes halogenated alkanes) is 3. The molecular weight excluding hydrogens is 583 g/mol. The van der Waals surface area contributed by atoms with Crippen LogP contribution >= 0.6 is 0 Å². The smallest absolute Gasteiger partial charge is 0.456 e. The normalized spacial score (nSPS) is 16.2. The van der Waals surface area contributed by atoms with Crippen molar-refractivity contribution in [1.29, 1.82) is 0 Å². The number of hydrogen-bond donors (Lipinski definition) is 4. The summed E-state index contributed by atoms with van der Waals surface area (Å²) >= 11 is 0. The summed E-state index contributed by atoms with van der Waals surface area (Å²) < 4.78 is 50.9. The van der Waals surface area contributed by atoms with Crippen LogP contribution in [0, 0.1) is 0 Å². The van der Waals surface area contributed by atoms with E-state index in [1.165, 1.54) is 49.4 Å². The number of alkyl halides is 3. The minimum absolute atomic E-state index is 0.0177. The van der Waals surface area contributed by atoms with Gasteiger partial charge < -0.3 is 30.5 Å². The average molecular weight is 612 g/mol. The van der Waals surface area contributed by atoms with Gasteiger partial charge in [-0.2, -0.15) is 13.2 Å². The van der Waals surface area contributed by atoms with Crippen molar-refractivity contribution in [3.8, 4) is 11.5 Å². The Kier molecular flexibility index (Phi) is 8.33. The van der Waals surface area contributed by atoms with Crippen LogP contribution < -0.4 is 20.7 Å². The van der Waals surface area contributed by atoms with E-state index in [0.29, 0.717) is 36.2 Å². The van der Waals surface area contributed by atoms with Crippen LogP contribution in [-0.2, 0) is 19.9 Å². The molecule has 2 aliphatic heterocycles. The molecule has 1 spiro atoms. The molecule has 4 N–H and O–H groups in total. The van der Waals surface area contributed by atoms with Crippen molar-refractivity contribution in [2.24, 2.45) is 0 Å². The van der Waals surface area contributed by atoms with Crippen LogP contribution in [-0.4, -0.2) is 48.1 Å². The van der Waals surface area contributed by atoms with E-state index in [-0.39, 0.29) is 52.3 Å². The number of rotatable bonds is 9. The number of carbonyl (C=O) groups excluding carboxylic acids is 4. The van der Waals surface area contributed by atoms with Crippen LogP contribution in [0.4, 0.5) is 24.5 Å². The molecule has 1 atom stereocenters. The van der Waals surface area contributed by atoms with Gasteiger partial charge in [0.05, 0.1) is 5.56 Å². The molecule has 0 aliphatic carbocycles. The number of amides is 3. The second-order valence-electron chi connectivity index (χ2n) is 10.4. The van der Waals surface area contributed by atoms with Crippen LogP contribution in [0.25, 0.3) is 0 Å². The summed E-state index contributed by atoms with van der Waals surface area (Å²) in [6, 6.07) is 12.9. The fourth-order valence-corrected chi connectivity index (χ4v) is 5.32. The largest absolute Gasteiger partial charge is 0.471 e. The number of nitrogens with one attached hydrogen (secondary N) is 3. The first-order chi connectivity index (χ1) is 20.9. The van der Waals surface area contributed by atoms with Gasteiger partial charge in [0.25, 0.3) is 5.91 Å². The fraction of sp³-hybridized carbons (Fsp3) is 0.290. The van der Waals surface area contributed by atoms with Gasteiger partial charge in [-0.15, -0.1) is 0 Å². The topological polar surface area (TPSA) is 143 Å². The molecule has 44 heavy (non-hydrogen) atoms. The number of aliphatic hydroxyl groups is 1. The highest BCUT2D eigenvalue weighted by molar-refractivity contribution is 6.01. The molecule has 0 saturated carbocycles. The zero-order valence-corrected chi connectivity index (χ0v) is 23.5. The molecule has 2 heterocycles. The van der Waals surface area contributed by atoms with E-state index >= 15 is 0 Å². The highest BCUT2D eigenvalue weighted by atomic mass is 19.4. The average Bonchev–Trinajstić information content (AvgIpc) is 3.25. The van der Waals surface area contributed by atoms with E-state index < -0.39 is 23.7 Å². The van der Waals surface area contributed by atoms with Crippen molar-refractivity contribution in [3.63, 3.8) is 0 Å². The predicted octanol–water partition coefficient (Wildman–Crippen LogP) is 5.00. The Bertz CT molecular complexity index is 1660. The Morgan fingerprint density at radius 1 is 0.841 bits per heavy atom. The van der Waals surface area contributed by atoms with Crippen LogP contribution in [0.1, 0.15) is 70.0 Å². The standard InChI is InChI=1S/C31H28F3N3O7/c1-17(39)36-19-7-10-22-25(15-19)43-26-16-20(37-29(42)31(32,33)34)8-11-23(26)30(22)24-14-18(6-9-21(24)28(41)44-30)27(40)35-12-4-2-3-5-13-38/h6-11,14-16,38H,2-5,12-13H2,1H3,(H,35,40)(H,36,39)(H,37,42). The lowest BCUT2D eigenvalue weighted by Crippen LogP contribution is -2.34. The van der Waals surface area contributed by atoms with E-state index in [4.69, 9.17) is 14.6 Å². The highest BCUT2D eigenvalue weighted by Crippen LogP contribution is 2.57. The Morgan fingerprint density at radius 3 is 2.09 bits per heavy atom. The number of ether oxygens (including phenoxy) is 2. The Balaban J connectivity index is 1.58. The van der Waals surface area contributed by atoms with Crippen molar-refractivity contribution in [3.05, 3.63) is 82.4 Å². The first kappa shape index (κ1) is 30.5. The highest BCUT2D eigenvalue weighted by Gasteiger charge is 2.54. The molecule has 5 rings (SSSR count). The lowest BCUT2D eigenvalue weighted by molar-refractivity contribution is -0.167. The Labute approximate surface area is 249 Å². The zero-order chi connectivity index (χ0) is 31.6. The third kappa shape index (κ3) is 5.82. The number of esters is 1. The molecular formula is C31H28F3N3O7. The molecule has 3 amide bonds. The van der Waals surface area contributed by atoms with Crippen LogP contribution in [0.5, 0.6) is 11.5 Å². The number of anilines is 2. The van der Waals surface area contributed by atoms with Gasteiger partial charge in [0.2, 0.25) is 5.91 Å². The number of hydrogen-bond acceptors (Lipinski definition) is 7. The van der Waals surface area contributed by atoms with Gasteiger partial charge in [-0.25, -0.2) is 4.79 Å². The number of fused-ring (bicyclic) bond motifs is 6. The Morgan fingerprint density at radius 2 is 1.48 bits per heavy atom. The van der Waals surface area contributed by atoms with Gasteiger partial charge >= 0.3 is 18.1 Å². The van der Waals surface area contributed by atoms with E-state index in [0.717, 1.165) is 12.8 Å². The molecule has 3 aromatic carbocycles. The summed E-state index contributed by atoms with van der Waals surface area (Å²) in [5.41, 5.74) is -0.233. The van der Waals surface area contributed by atoms with Gasteiger partial charge in [0, 0.05) is 65.8 Å². The summed E-state index contributed by atoms with van der Waals surface area (Å²) in [7, 11) is 0. The molecule has 0 radical (unpaired) electrons. The van der Waals surface area contributed by atoms with Crippen molar-refractivity contribution < 1.29 is 46.9 Å². The summed E-state index contributed by atoms with van der Waals surface area (Å²) in [5, 5.41) is 16.2. The maximum Gasteiger partial charge on any atom is 0.471 e. The fourth-order valence-electron chi connectivity index (χ4n) is 5.32. The first-order valence-corrected chi connectivity index (χ1v) is 13.8. The van der Waals surface area contributed by atoms with Gasteiger partial charge in [0.15, 0.2) is 5.60 Å². The van der Waals surface area contributed by atoms with Crippen LogP contribution in [0.2, 0.25) is 0 Å². The summed E-state index contributed by atoms with van der Waals surface area (Å²) in [5.74, 6) is -3.52. The van der Waals surface area contributed by atoms with Gasteiger partial charge in [-0.1, -0.05) is 12.8 Å². The molecule has 0 fully saturated rings. The number of aliphatic hydroxyl groups excluding tert-OH is 1. The van der Waals surface area contributed by atoms with E-state index in [2.05, 4.69) is 10.6 Å². The molecule has 10 nitrogen and oxygen atoms in total. The number of carbonyl (C=O) groups is 4. The van der Waals surface area contributed by atoms with Crippen LogP contribution in [0.3, 0.4) is 0 Å². The monoisotopic (exact) mass is 611 g/mol. The minimum atomic E-state index is -5.13. The maximum absolute atomic E-state index is 13.3. The van der Waals surface area contributed by atoms with Crippen molar-refractivity contribution in [2.75, 3.05) is 23.8 Å². The minimum Gasteiger partial charge on any atom is -0.456 e. The predicted molar refractivity (Wildman–Crippen MR) is 152 cm³/mol. The summed E-state index contributed by atoms with van der Waals surface area (Å²) in [6.45, 7) is 1.82. The van der Waals surface area contributed by atoms with Crippen molar-refractivity contribution in [1.82, 2.24) is 5.32 Å². The molecule has 230 valence electrons. The van der Waals surface area contributed by atoms with Gasteiger partial charge in [0.1, 0.15) is 11.5 Å². The molecule has 0 aromatic heterocycles. The second kappa shape index (κ2) is 12.0. The van der Waals surface area contributed by atoms with Crippen molar-refractivity contribution >= 4 is 35.1 Å². The number of halogens is 3. The van der Waals surface area contributed by atoms with E-state index in [1.54, 1.807) is 17.4 Å². The second-order valence-corrected chi connectivity index (χ2v) is 10.4. The van der Waals surface area contributed by atoms with E-state index in [9.17, 15) is 32.3 Å². The molecule has 0 bridgehead atoms. The Hall–Kier alpha value is -4.91. The summed E-state index contributed by atoms with van der Waals surface area (Å²) in [6.07, 6.45) is -2.07.